The number of benzene rings is 1. The van der Waals surface area contributed by atoms with Crippen molar-refractivity contribution in [3.8, 4) is 6.07 Å². The second kappa shape index (κ2) is 8.34. The summed E-state index contributed by atoms with van der Waals surface area (Å²) in [6.45, 7) is 5.50. The maximum Gasteiger partial charge on any atom is 0.402 e. The Hall–Kier alpha value is -2.08. The molecule has 0 saturated carbocycles. The summed E-state index contributed by atoms with van der Waals surface area (Å²) in [5.74, 6) is 0. The molecule has 0 radical (unpaired) electrons. The van der Waals surface area contributed by atoms with Gasteiger partial charge in [-0.2, -0.15) is 18.4 Å². The van der Waals surface area contributed by atoms with E-state index >= 15 is 0 Å². The SMILES string of the molecule is CCC(C)NS(=O)(=O)O/N=C1\SC=C\C1=C(\C#N)c1ccccc1C. The maximum absolute atomic E-state index is 11.9. The quantitative estimate of drug-likeness (QED) is 0.605. The Labute approximate surface area is 152 Å². The van der Waals surface area contributed by atoms with E-state index in [4.69, 9.17) is 4.28 Å². The molecule has 1 atom stereocenters. The highest BCUT2D eigenvalue weighted by molar-refractivity contribution is 8.17. The van der Waals surface area contributed by atoms with E-state index in [1.807, 2.05) is 38.1 Å². The van der Waals surface area contributed by atoms with Crippen LogP contribution >= 0.6 is 11.8 Å². The molecule has 0 spiro atoms. The van der Waals surface area contributed by atoms with Crippen LogP contribution in [0.1, 0.15) is 31.4 Å². The molecule has 6 nitrogen and oxygen atoms in total. The van der Waals surface area contributed by atoms with Crippen molar-refractivity contribution in [3.63, 3.8) is 0 Å². The summed E-state index contributed by atoms with van der Waals surface area (Å²) in [4.78, 5) is 0. The number of oxime groups is 1. The number of hydrogen-bond acceptors (Lipinski definition) is 6. The third-order valence-electron chi connectivity index (χ3n) is 3.62. The molecule has 1 aliphatic rings. The number of hydrogen-bond donors (Lipinski definition) is 1. The molecule has 0 saturated heterocycles. The largest absolute Gasteiger partial charge is 0.402 e. The Kier molecular flexibility index (Phi) is 6.42. The lowest BCUT2D eigenvalue weighted by Crippen LogP contribution is -2.32. The van der Waals surface area contributed by atoms with Crippen molar-refractivity contribution in [1.82, 2.24) is 4.72 Å². The zero-order valence-electron chi connectivity index (χ0n) is 14.2. The van der Waals surface area contributed by atoms with E-state index < -0.39 is 10.3 Å². The van der Waals surface area contributed by atoms with Gasteiger partial charge in [0.05, 0.1) is 5.57 Å². The summed E-state index contributed by atoms with van der Waals surface area (Å²) < 4.78 is 30.8. The summed E-state index contributed by atoms with van der Waals surface area (Å²) in [5.41, 5.74) is 2.69. The number of nitrogens with one attached hydrogen (secondary N) is 1. The van der Waals surface area contributed by atoms with Gasteiger partial charge in [0.1, 0.15) is 6.07 Å². The van der Waals surface area contributed by atoms with Gasteiger partial charge in [-0.05, 0) is 42.9 Å². The predicted molar refractivity (Wildman–Crippen MR) is 101 cm³/mol. The first-order chi connectivity index (χ1) is 11.9. The van der Waals surface area contributed by atoms with E-state index in [1.165, 1.54) is 11.8 Å². The monoisotopic (exact) mass is 377 g/mol. The minimum absolute atomic E-state index is 0.254. The molecule has 1 N–H and O–H groups in total. The maximum atomic E-state index is 11.9. The first-order valence-electron chi connectivity index (χ1n) is 7.70. The Balaban J connectivity index is 2.34. The van der Waals surface area contributed by atoms with Crippen LogP contribution in [0, 0.1) is 18.3 Å². The minimum Gasteiger partial charge on any atom is -0.255 e. The molecule has 0 fully saturated rings. The van der Waals surface area contributed by atoms with Gasteiger partial charge < -0.3 is 0 Å². The van der Waals surface area contributed by atoms with Gasteiger partial charge in [-0.3, -0.25) is 4.28 Å². The van der Waals surface area contributed by atoms with E-state index in [9.17, 15) is 13.7 Å². The summed E-state index contributed by atoms with van der Waals surface area (Å²) >= 11 is 1.20. The fourth-order valence-electron chi connectivity index (χ4n) is 2.12. The molecule has 0 aromatic heterocycles. The van der Waals surface area contributed by atoms with Crippen molar-refractivity contribution in [1.29, 1.82) is 5.26 Å². The fraction of sp³-hybridized carbons (Fsp3) is 0.294. The van der Waals surface area contributed by atoms with E-state index in [1.54, 1.807) is 18.4 Å². The van der Waals surface area contributed by atoms with E-state index in [0.29, 0.717) is 22.6 Å². The van der Waals surface area contributed by atoms with Gasteiger partial charge in [0.25, 0.3) is 0 Å². The molecule has 132 valence electrons. The van der Waals surface area contributed by atoms with Crippen molar-refractivity contribution >= 4 is 32.7 Å². The van der Waals surface area contributed by atoms with Crippen molar-refractivity contribution < 1.29 is 12.7 Å². The van der Waals surface area contributed by atoms with Crippen LogP contribution in [0.3, 0.4) is 0 Å². The van der Waals surface area contributed by atoms with Crippen molar-refractivity contribution in [2.45, 2.75) is 33.2 Å². The van der Waals surface area contributed by atoms with Gasteiger partial charge in [0.15, 0.2) is 5.04 Å². The fourth-order valence-corrected chi connectivity index (χ4v) is 3.75. The first kappa shape index (κ1) is 19.2. The Morgan fingerprint density at radius 2 is 2.16 bits per heavy atom. The van der Waals surface area contributed by atoms with Gasteiger partial charge in [-0.15, -0.1) is 0 Å². The average Bonchev–Trinajstić information content (AvgIpc) is 3.03. The Morgan fingerprint density at radius 3 is 2.80 bits per heavy atom. The minimum atomic E-state index is -3.99. The number of nitriles is 1. The van der Waals surface area contributed by atoms with Crippen LogP contribution in [0.2, 0.25) is 0 Å². The molecular weight excluding hydrogens is 358 g/mol. The van der Waals surface area contributed by atoms with Crippen LogP contribution in [-0.2, 0) is 14.6 Å². The van der Waals surface area contributed by atoms with Gasteiger partial charge >= 0.3 is 10.3 Å². The molecule has 1 aromatic rings. The van der Waals surface area contributed by atoms with Crippen LogP contribution in [0.4, 0.5) is 0 Å². The highest BCUT2D eigenvalue weighted by Crippen LogP contribution is 2.32. The molecule has 8 heteroatoms. The van der Waals surface area contributed by atoms with Crippen LogP contribution in [0.5, 0.6) is 0 Å². The zero-order chi connectivity index (χ0) is 18.4. The van der Waals surface area contributed by atoms with E-state index in [0.717, 1.165) is 11.1 Å². The van der Waals surface area contributed by atoms with Gasteiger partial charge in [0.2, 0.25) is 0 Å². The van der Waals surface area contributed by atoms with Gasteiger partial charge in [-0.1, -0.05) is 48.1 Å². The van der Waals surface area contributed by atoms with Crippen molar-refractivity contribution in [2.24, 2.45) is 5.16 Å². The second-order valence-corrected chi connectivity index (χ2v) is 7.68. The number of aryl methyl sites for hydroxylation is 1. The topological polar surface area (TPSA) is 91.6 Å². The zero-order valence-corrected chi connectivity index (χ0v) is 15.8. The molecular formula is C17H19N3O3S2. The summed E-state index contributed by atoms with van der Waals surface area (Å²) in [7, 11) is -3.99. The second-order valence-electron chi connectivity index (χ2n) is 5.49. The molecule has 1 unspecified atom stereocenters. The molecule has 1 aromatic carbocycles. The van der Waals surface area contributed by atoms with Gasteiger partial charge in [-0.25, -0.2) is 0 Å². The predicted octanol–water partition coefficient (Wildman–Crippen LogP) is 3.50. The van der Waals surface area contributed by atoms with Crippen LogP contribution in [-0.4, -0.2) is 19.5 Å². The Bertz CT molecular complexity index is 881. The van der Waals surface area contributed by atoms with Crippen LogP contribution < -0.4 is 4.72 Å². The molecule has 0 bridgehead atoms. The van der Waals surface area contributed by atoms with Gasteiger partial charge in [0, 0.05) is 11.6 Å². The number of allylic oxidation sites excluding steroid dienone is 2. The normalized spacial score (nSPS) is 18.9. The molecule has 2 rings (SSSR count). The average molecular weight is 377 g/mol. The highest BCUT2D eigenvalue weighted by Gasteiger charge is 2.21. The summed E-state index contributed by atoms with van der Waals surface area (Å²) in [6.07, 6.45) is 2.36. The van der Waals surface area contributed by atoms with Crippen LogP contribution in [0.25, 0.3) is 5.57 Å². The third-order valence-corrected chi connectivity index (χ3v) is 5.37. The first-order valence-corrected chi connectivity index (χ1v) is 9.99. The molecule has 1 aliphatic heterocycles. The van der Waals surface area contributed by atoms with E-state index in [-0.39, 0.29) is 6.04 Å². The molecule has 0 aliphatic carbocycles. The molecule has 1 heterocycles. The van der Waals surface area contributed by atoms with Crippen LogP contribution in [0.15, 0.2) is 46.5 Å². The number of rotatable bonds is 6. The standard InChI is InChI=1S/C17H19N3O3S2/c1-4-13(3)20-25(21,22)23-19-17-15(9-10-24-17)16(11-18)14-8-6-5-7-12(14)2/h5-10,13,20H,4H2,1-3H3/b16-15+,19-17-. The number of thioether (sulfide) groups is 1. The van der Waals surface area contributed by atoms with Crippen molar-refractivity contribution in [2.75, 3.05) is 0 Å². The third kappa shape index (κ3) is 4.95. The van der Waals surface area contributed by atoms with E-state index in [2.05, 4.69) is 15.9 Å². The summed E-state index contributed by atoms with van der Waals surface area (Å²) in [6, 6.07) is 9.42. The highest BCUT2D eigenvalue weighted by atomic mass is 32.2. The Morgan fingerprint density at radius 1 is 1.44 bits per heavy atom. The number of nitrogens with zero attached hydrogens (tertiary/aromatic N) is 2. The van der Waals surface area contributed by atoms with Crippen molar-refractivity contribution in [3.05, 3.63) is 52.4 Å². The summed E-state index contributed by atoms with van der Waals surface area (Å²) in [5, 5.41) is 15.4. The smallest absolute Gasteiger partial charge is 0.255 e. The molecule has 25 heavy (non-hydrogen) atoms. The lowest BCUT2D eigenvalue weighted by Gasteiger charge is -2.10. The lowest BCUT2D eigenvalue weighted by atomic mass is 9.97. The molecule has 0 amide bonds. The lowest BCUT2D eigenvalue weighted by molar-refractivity contribution is 0.327.